The highest BCUT2D eigenvalue weighted by molar-refractivity contribution is 7.86. The van der Waals surface area contributed by atoms with E-state index in [4.69, 9.17) is 9.84 Å². The number of rotatable bonds is 7. The van der Waals surface area contributed by atoms with Crippen LogP contribution in [0.15, 0.2) is 0 Å². The maximum Gasteiger partial charge on any atom is 0.321 e. The van der Waals surface area contributed by atoms with Gasteiger partial charge in [-0.1, -0.05) is 6.92 Å². The van der Waals surface area contributed by atoms with Gasteiger partial charge < -0.3 is 9.84 Å². The SMILES string of the molecule is CCC(C)OC(=O)C(C)S(=O)CCCO. The van der Waals surface area contributed by atoms with Crippen LogP contribution in [0, 0.1) is 0 Å². The topological polar surface area (TPSA) is 63.6 Å². The first-order valence-corrected chi connectivity index (χ1v) is 6.59. The highest BCUT2D eigenvalue weighted by atomic mass is 32.2. The molecule has 0 saturated carbocycles. The molecule has 0 radical (unpaired) electrons. The Morgan fingerprint density at radius 1 is 1.47 bits per heavy atom. The molecule has 0 saturated heterocycles. The van der Waals surface area contributed by atoms with Crippen molar-refractivity contribution >= 4 is 16.8 Å². The van der Waals surface area contributed by atoms with Crippen molar-refractivity contribution in [3.8, 4) is 0 Å². The largest absolute Gasteiger partial charge is 0.462 e. The van der Waals surface area contributed by atoms with E-state index in [1.807, 2.05) is 6.92 Å². The van der Waals surface area contributed by atoms with Crippen LogP contribution in [-0.2, 0) is 20.3 Å². The molecule has 3 unspecified atom stereocenters. The lowest BCUT2D eigenvalue weighted by atomic mass is 10.3. The summed E-state index contributed by atoms with van der Waals surface area (Å²) >= 11 is 0. The van der Waals surface area contributed by atoms with Crippen LogP contribution in [0.25, 0.3) is 0 Å². The summed E-state index contributed by atoms with van der Waals surface area (Å²) in [4.78, 5) is 11.4. The van der Waals surface area contributed by atoms with Crippen molar-refractivity contribution in [3.05, 3.63) is 0 Å². The van der Waals surface area contributed by atoms with Gasteiger partial charge >= 0.3 is 5.97 Å². The van der Waals surface area contributed by atoms with E-state index in [0.717, 1.165) is 6.42 Å². The molecule has 0 heterocycles. The van der Waals surface area contributed by atoms with Gasteiger partial charge in [0.1, 0.15) is 5.25 Å². The second kappa shape index (κ2) is 7.82. The van der Waals surface area contributed by atoms with Gasteiger partial charge in [0.2, 0.25) is 0 Å². The molecule has 0 aliphatic rings. The lowest BCUT2D eigenvalue weighted by Crippen LogP contribution is -2.29. The number of aliphatic hydroxyl groups is 1. The molecule has 5 heteroatoms. The van der Waals surface area contributed by atoms with E-state index in [9.17, 15) is 9.00 Å². The summed E-state index contributed by atoms with van der Waals surface area (Å²) < 4.78 is 16.6. The molecule has 15 heavy (non-hydrogen) atoms. The highest BCUT2D eigenvalue weighted by Crippen LogP contribution is 2.05. The van der Waals surface area contributed by atoms with E-state index in [-0.39, 0.29) is 12.7 Å². The first kappa shape index (κ1) is 14.6. The van der Waals surface area contributed by atoms with Gasteiger partial charge in [0.25, 0.3) is 0 Å². The maximum atomic E-state index is 11.5. The fourth-order valence-electron chi connectivity index (χ4n) is 0.868. The molecule has 0 rings (SSSR count). The molecule has 3 atom stereocenters. The Morgan fingerprint density at radius 3 is 2.53 bits per heavy atom. The lowest BCUT2D eigenvalue weighted by Gasteiger charge is -2.15. The third-order valence-corrected chi connectivity index (χ3v) is 3.79. The van der Waals surface area contributed by atoms with Crippen LogP contribution in [0.3, 0.4) is 0 Å². The van der Waals surface area contributed by atoms with Gasteiger partial charge in [-0.05, 0) is 26.7 Å². The fourth-order valence-corrected chi connectivity index (χ4v) is 1.91. The zero-order valence-electron chi connectivity index (χ0n) is 9.56. The average molecular weight is 236 g/mol. The predicted octanol–water partition coefficient (Wildman–Crippen LogP) is 0.848. The Balaban J connectivity index is 4.02. The molecular formula is C10H20O4S. The number of carbonyl (C=O) groups excluding carboxylic acids is 1. The zero-order chi connectivity index (χ0) is 11.8. The standard InChI is InChI=1S/C10H20O4S/c1-4-8(2)14-10(12)9(3)15(13)7-5-6-11/h8-9,11H,4-7H2,1-3H3. The maximum absolute atomic E-state index is 11.5. The minimum Gasteiger partial charge on any atom is -0.462 e. The van der Waals surface area contributed by atoms with Crippen molar-refractivity contribution in [2.75, 3.05) is 12.4 Å². The van der Waals surface area contributed by atoms with E-state index in [1.165, 1.54) is 0 Å². The number of hydrogen-bond acceptors (Lipinski definition) is 4. The predicted molar refractivity (Wildman–Crippen MR) is 60.0 cm³/mol. The lowest BCUT2D eigenvalue weighted by molar-refractivity contribution is -0.147. The summed E-state index contributed by atoms with van der Waals surface area (Å²) in [6.07, 6.45) is 1.07. The Bertz CT molecular complexity index is 217. The molecule has 1 N–H and O–H groups in total. The van der Waals surface area contributed by atoms with Gasteiger partial charge in [0.05, 0.1) is 6.10 Å². The van der Waals surface area contributed by atoms with Crippen LogP contribution < -0.4 is 0 Å². The molecule has 0 aliphatic heterocycles. The summed E-state index contributed by atoms with van der Waals surface area (Å²) in [6, 6.07) is 0. The van der Waals surface area contributed by atoms with Gasteiger partial charge in [0.15, 0.2) is 0 Å². The molecule has 0 aliphatic carbocycles. The third kappa shape index (κ3) is 5.89. The smallest absolute Gasteiger partial charge is 0.321 e. The minimum absolute atomic E-state index is 0.00112. The molecule has 0 aromatic heterocycles. The van der Waals surface area contributed by atoms with Crippen LogP contribution >= 0.6 is 0 Å². The van der Waals surface area contributed by atoms with Crippen LogP contribution in [0.1, 0.15) is 33.6 Å². The van der Waals surface area contributed by atoms with Gasteiger partial charge in [0, 0.05) is 23.2 Å². The summed E-state index contributed by atoms with van der Waals surface area (Å²) in [5.41, 5.74) is 0. The Morgan fingerprint density at radius 2 is 2.07 bits per heavy atom. The number of aliphatic hydroxyl groups excluding tert-OH is 1. The van der Waals surface area contributed by atoms with Crippen molar-refractivity contribution in [1.29, 1.82) is 0 Å². The second-order valence-electron chi connectivity index (χ2n) is 3.46. The second-order valence-corrected chi connectivity index (χ2v) is 5.34. The van der Waals surface area contributed by atoms with Crippen molar-refractivity contribution in [2.24, 2.45) is 0 Å². The van der Waals surface area contributed by atoms with E-state index in [1.54, 1.807) is 13.8 Å². The highest BCUT2D eigenvalue weighted by Gasteiger charge is 2.22. The normalized spacial score (nSPS) is 16.8. The number of ether oxygens (including phenoxy) is 1. The Kier molecular flexibility index (Phi) is 7.60. The summed E-state index contributed by atoms with van der Waals surface area (Å²) in [5.74, 6) is -0.0755. The zero-order valence-corrected chi connectivity index (χ0v) is 10.4. The number of hydrogen-bond donors (Lipinski definition) is 1. The Labute approximate surface area is 93.5 Å². The van der Waals surface area contributed by atoms with E-state index in [0.29, 0.717) is 12.2 Å². The van der Waals surface area contributed by atoms with Gasteiger partial charge in [-0.3, -0.25) is 9.00 Å². The first-order chi connectivity index (χ1) is 7.02. The van der Waals surface area contributed by atoms with Crippen LogP contribution in [0.4, 0.5) is 0 Å². The van der Waals surface area contributed by atoms with Crippen LogP contribution in [0.5, 0.6) is 0 Å². The van der Waals surface area contributed by atoms with Gasteiger partial charge in [-0.25, -0.2) is 0 Å². The monoisotopic (exact) mass is 236 g/mol. The number of esters is 1. The molecule has 0 amide bonds. The quantitative estimate of drug-likeness (QED) is 0.666. The van der Waals surface area contributed by atoms with E-state index >= 15 is 0 Å². The van der Waals surface area contributed by atoms with Crippen molar-refractivity contribution < 1.29 is 18.8 Å². The van der Waals surface area contributed by atoms with Crippen molar-refractivity contribution in [1.82, 2.24) is 0 Å². The van der Waals surface area contributed by atoms with Crippen LogP contribution in [0.2, 0.25) is 0 Å². The molecule has 90 valence electrons. The van der Waals surface area contributed by atoms with E-state index in [2.05, 4.69) is 0 Å². The molecule has 0 aromatic rings. The van der Waals surface area contributed by atoms with Gasteiger partial charge in [-0.2, -0.15) is 0 Å². The molecular weight excluding hydrogens is 216 g/mol. The third-order valence-electron chi connectivity index (χ3n) is 2.12. The van der Waals surface area contributed by atoms with Gasteiger partial charge in [-0.15, -0.1) is 0 Å². The average Bonchev–Trinajstić information content (AvgIpc) is 2.24. The minimum atomic E-state index is -1.25. The van der Waals surface area contributed by atoms with Crippen molar-refractivity contribution in [2.45, 2.75) is 45.0 Å². The van der Waals surface area contributed by atoms with Crippen molar-refractivity contribution in [3.63, 3.8) is 0 Å². The Hall–Kier alpha value is -0.420. The fraction of sp³-hybridized carbons (Fsp3) is 0.900. The van der Waals surface area contributed by atoms with E-state index < -0.39 is 22.0 Å². The molecule has 0 bridgehead atoms. The summed E-state index contributed by atoms with van der Waals surface area (Å²) in [5, 5.41) is 7.96. The summed E-state index contributed by atoms with van der Waals surface area (Å²) in [6.45, 7) is 5.32. The first-order valence-electron chi connectivity index (χ1n) is 5.21. The van der Waals surface area contributed by atoms with Crippen LogP contribution in [-0.4, -0.2) is 39.0 Å². The number of carbonyl (C=O) groups is 1. The molecule has 4 nitrogen and oxygen atoms in total. The molecule has 0 fully saturated rings. The molecule has 0 spiro atoms. The molecule has 0 aromatic carbocycles. The summed E-state index contributed by atoms with van der Waals surface area (Å²) in [7, 11) is -1.25.